The van der Waals surface area contributed by atoms with E-state index in [0.717, 1.165) is 76.6 Å². The van der Waals surface area contributed by atoms with Gasteiger partial charge in [0.15, 0.2) is 119 Å². The molecule has 0 aromatic carbocycles. The van der Waals surface area contributed by atoms with Crippen molar-refractivity contribution in [3.63, 3.8) is 0 Å². The fourth-order valence-corrected chi connectivity index (χ4v) is 45.1. The molecule has 0 saturated heterocycles. The van der Waals surface area contributed by atoms with Gasteiger partial charge in [-0.05, 0) is 306 Å². The van der Waals surface area contributed by atoms with Gasteiger partial charge in [0.2, 0.25) is 0 Å². The molecule has 0 saturated carbocycles. The number of carbonyl (C=O) groups is 3. The maximum Gasteiger partial charge on any atom is 0.333 e. The van der Waals surface area contributed by atoms with Crippen molar-refractivity contribution in [2.75, 3.05) is 146 Å². The Morgan fingerprint density at radius 2 is 0.571 bits per heavy atom. The van der Waals surface area contributed by atoms with Crippen LogP contribution in [0.15, 0.2) is 61.8 Å². The summed E-state index contributed by atoms with van der Waals surface area (Å²) in [7, 11) is -19.2. The number of hydrogen-bond acceptors (Lipinski definition) is 26. The Morgan fingerprint density at radius 3 is 0.802 bits per heavy atom. The molecule has 0 radical (unpaired) electrons. The van der Waals surface area contributed by atoms with Crippen LogP contribution in [0, 0.1) is 0 Å². The van der Waals surface area contributed by atoms with Gasteiger partial charge < -0.3 is 106 Å². The molecule has 3 N–H and O–H groups in total. The molecule has 754 valence electrons. The molecule has 0 aliphatic rings. The summed E-state index contributed by atoms with van der Waals surface area (Å²) < 4.78 is 115. The predicted octanol–water partition coefficient (Wildman–Crippen LogP) is 18.9. The minimum absolute atomic E-state index is 0.0108. The second-order valence-electron chi connectivity index (χ2n) is 41.0. The molecule has 0 bridgehead atoms. The SMILES string of the molecule is C=C(C)C(=O)OCCOCCC[Si](C)(C)O[Si](C)(C)CCCOCC(CO[Si](C)(C)C)O[Si](C)(C)C.C=C(C)C(=O)OCCOCCC[Si](C)(C)O[Si](C)(C)CCCOCC(O)CO.C=CCOCC(CO[Si](C)(C)C)O[Si](C)(C)C.C=CCOCCOC(=O)C(=C)C.CO.C[SiH](C)O[SiH](C)C.C[SiH](C)O[Si](C)(C)CCCOCC(CO[Si](C)(C)C)O[Si](C)(C)C. The first-order valence-electron chi connectivity index (χ1n) is 45.6. The summed E-state index contributed by atoms with van der Waals surface area (Å²) in [6.45, 7) is 108. The molecule has 0 rings (SSSR count). The van der Waals surface area contributed by atoms with Crippen molar-refractivity contribution in [1.29, 1.82) is 0 Å². The fraction of sp³-hybridized carbons (Fsp3) is 0.849. The van der Waals surface area contributed by atoms with Gasteiger partial charge in [-0.15, -0.1) is 13.2 Å². The third-order valence-corrected chi connectivity index (χ3v) is 47.2. The third kappa shape index (κ3) is 112. The lowest BCUT2D eigenvalue weighted by Gasteiger charge is -2.34. The molecule has 0 aliphatic carbocycles. The number of carbonyl (C=O) groups excluding carboxylic acids is 3. The Balaban J connectivity index is -0.000000284. The van der Waals surface area contributed by atoms with Crippen molar-refractivity contribution in [2.24, 2.45) is 0 Å². The van der Waals surface area contributed by atoms with Gasteiger partial charge in [-0.25, -0.2) is 14.4 Å². The van der Waals surface area contributed by atoms with Crippen molar-refractivity contribution < 1.29 is 120 Å². The highest BCUT2D eigenvalue weighted by molar-refractivity contribution is 6.85. The lowest BCUT2D eigenvalue weighted by Crippen LogP contribution is -2.44. The monoisotopic (exact) mass is 2040 g/mol. The van der Waals surface area contributed by atoms with Crippen LogP contribution in [-0.2, 0) is 105 Å². The van der Waals surface area contributed by atoms with E-state index in [2.05, 4.69) is 255 Å². The molecule has 0 aromatic heterocycles. The van der Waals surface area contributed by atoms with Gasteiger partial charge >= 0.3 is 17.9 Å². The molecule has 0 aromatic rings. The van der Waals surface area contributed by atoms with Crippen LogP contribution < -0.4 is 0 Å². The van der Waals surface area contributed by atoms with Gasteiger partial charge in [-0.3, -0.25) is 0 Å². The molecule has 4 atom stereocenters. The zero-order valence-electron chi connectivity index (χ0n) is 87.9. The van der Waals surface area contributed by atoms with E-state index in [0.29, 0.717) is 109 Å². The first-order chi connectivity index (χ1) is 57.5. The second kappa shape index (κ2) is 76.4. The van der Waals surface area contributed by atoms with Crippen LogP contribution in [0.1, 0.15) is 52.9 Å². The van der Waals surface area contributed by atoms with E-state index >= 15 is 0 Å². The first kappa shape index (κ1) is 138. The minimum Gasteiger partial charge on any atom is -0.461 e. The molecule has 4 unspecified atom stereocenters. The number of rotatable bonds is 68. The van der Waals surface area contributed by atoms with E-state index in [9.17, 15) is 19.5 Å². The van der Waals surface area contributed by atoms with Crippen molar-refractivity contribution in [2.45, 2.75) is 330 Å². The average molecular weight is 2040 g/mol. The largest absolute Gasteiger partial charge is 0.461 e. The highest BCUT2D eigenvalue weighted by Gasteiger charge is 2.35. The number of esters is 3. The average Bonchev–Trinajstić information content (AvgIpc) is 0.864. The van der Waals surface area contributed by atoms with Gasteiger partial charge in [-0.1, -0.05) is 31.9 Å². The Hall–Kier alpha value is -0.654. The maximum absolute atomic E-state index is 11.3. The predicted molar refractivity (Wildman–Crippen MR) is 563 cm³/mol. The lowest BCUT2D eigenvalue weighted by molar-refractivity contribution is -0.141. The summed E-state index contributed by atoms with van der Waals surface area (Å²) in [5, 5.41) is 25.0. The topological polar surface area (TPSA) is 296 Å². The summed E-state index contributed by atoms with van der Waals surface area (Å²) in [4.78, 5) is 33.4. The van der Waals surface area contributed by atoms with Crippen molar-refractivity contribution in [3.8, 4) is 0 Å². The molecule has 0 amide bonds. The van der Waals surface area contributed by atoms with E-state index in [1.165, 1.54) is 6.04 Å². The van der Waals surface area contributed by atoms with Gasteiger partial charge in [0, 0.05) is 56.9 Å². The highest BCUT2D eigenvalue weighted by Crippen LogP contribution is 2.27. The van der Waals surface area contributed by atoms with Crippen molar-refractivity contribution >= 4 is 137 Å². The van der Waals surface area contributed by atoms with Crippen molar-refractivity contribution in [3.05, 3.63) is 61.8 Å². The summed E-state index contributed by atoms with van der Waals surface area (Å²) in [5.41, 5.74) is 1.20. The molecule has 0 spiro atoms. The molecular formula is C86H198O26Si14. The number of hydrogen-bond donors (Lipinski definition) is 3. The molecule has 0 fully saturated rings. The van der Waals surface area contributed by atoms with Crippen LogP contribution in [0.2, 0.25) is 253 Å². The van der Waals surface area contributed by atoms with Crippen LogP contribution in [0.5, 0.6) is 0 Å². The van der Waals surface area contributed by atoms with Crippen LogP contribution >= 0.6 is 0 Å². The number of ether oxygens (including phenoxy) is 10. The van der Waals surface area contributed by atoms with E-state index in [1.54, 1.807) is 32.9 Å². The van der Waals surface area contributed by atoms with Crippen LogP contribution in [0.4, 0.5) is 0 Å². The Bertz CT molecular complexity index is 2730. The van der Waals surface area contributed by atoms with Gasteiger partial charge in [0.1, 0.15) is 25.9 Å². The fourth-order valence-electron chi connectivity index (χ4n) is 11.1. The quantitative estimate of drug-likeness (QED) is 0.0127. The normalized spacial score (nSPS) is 13.4. The summed E-state index contributed by atoms with van der Waals surface area (Å²) in [6.07, 6.45) is 7.59. The maximum atomic E-state index is 11.3. The molecular weight excluding hydrogens is 1840 g/mol. The van der Waals surface area contributed by atoms with Gasteiger partial charge in [0.25, 0.3) is 0 Å². The molecule has 126 heavy (non-hydrogen) atoms. The Morgan fingerprint density at radius 1 is 0.325 bits per heavy atom. The first-order valence-corrected chi connectivity index (χ1v) is 90.0. The van der Waals surface area contributed by atoms with Gasteiger partial charge in [-0.2, -0.15) is 0 Å². The number of aliphatic hydroxyl groups is 3. The standard InChI is InChI=1S/C25H56O7Si4.C19H40O7Si2.C16H42O4Si4.C12H28O3Si2.C9H14O3.C4H14OSi2.CH4O/c1-23(2)25(26)29-18-17-27-15-13-19-35(9,10)32-36(11,12)20-14-16-28-21-24(31-34(6,7)8)22-30-33(3,4)5;1-17(2)19(22)25-12-11-23-9-7-13-27(3,4)26-28(5,6)14-8-10-24-16-18(21)15-20;1-21(2)20-24(9,10)13-11-12-17-14-16(19-23(6,7)8)15-18-22(3,4)5;1-8-9-13-10-12(15-17(5,6)7)11-14-16(2,3)4;1-4-5-11-6-7-12-9(10)8(2)3;1-6(2)5-7(3)4;1-2/h24H,1,13-22H2,2-12H3;18,20-21H,1,7-16H2,2-6H3;16,21H,11-15H2,1-10H3;8,12H,1,9-11H2,2-7H3;4H,1-2,5-7H2,3H3;6-7H,1-4H3;2H,1H3. The number of aliphatic hydroxyl groups excluding tert-OH is 3. The summed E-state index contributed by atoms with van der Waals surface area (Å²) >= 11 is 0. The summed E-state index contributed by atoms with van der Waals surface area (Å²) in [6, 6.07) is 5.33. The van der Waals surface area contributed by atoms with E-state index in [4.69, 9.17) is 101 Å². The van der Waals surface area contributed by atoms with E-state index in [1.807, 2.05) is 0 Å². The molecule has 0 aliphatic heterocycles. The summed E-state index contributed by atoms with van der Waals surface area (Å²) in [5.74, 6) is -1.13. The van der Waals surface area contributed by atoms with Gasteiger partial charge in [0.05, 0.1) is 104 Å². The highest BCUT2D eigenvalue weighted by atomic mass is 28.4. The molecule has 0 heterocycles. The lowest BCUT2D eigenvalue weighted by atomic mass is 10.4. The van der Waals surface area contributed by atoms with Crippen LogP contribution in [0.3, 0.4) is 0 Å². The molecule has 26 nitrogen and oxygen atoms in total. The third-order valence-electron chi connectivity index (χ3n) is 15.5. The zero-order chi connectivity index (χ0) is 99.5. The Kier molecular flexibility index (Phi) is 83.9. The second-order valence-corrected chi connectivity index (χ2v) is 97.9. The Labute approximate surface area is 788 Å². The molecule has 40 heteroatoms. The smallest absolute Gasteiger partial charge is 0.333 e. The minimum atomic E-state index is -1.77. The van der Waals surface area contributed by atoms with Crippen LogP contribution in [-0.4, -0.2) is 322 Å². The van der Waals surface area contributed by atoms with E-state index < -0.39 is 125 Å². The van der Waals surface area contributed by atoms with Crippen molar-refractivity contribution in [1.82, 2.24) is 0 Å². The zero-order valence-corrected chi connectivity index (χ0v) is 102. The van der Waals surface area contributed by atoms with E-state index in [-0.39, 0.29) is 69.3 Å². The van der Waals surface area contributed by atoms with Crippen LogP contribution in [0.25, 0.3) is 0 Å².